The van der Waals surface area contributed by atoms with Gasteiger partial charge in [0, 0.05) is 11.5 Å². The summed E-state index contributed by atoms with van der Waals surface area (Å²) in [5, 5.41) is 1.17. The lowest BCUT2D eigenvalue weighted by Gasteiger charge is -2.30. The SMILES string of the molecule is O=S(=O)(c1ccc2c(c1)CCC2)N1CCN(c2ccc3ccccc3[nH+]2)CC1. The number of aromatic amines is 1. The Morgan fingerprint density at radius 1 is 0.821 bits per heavy atom. The smallest absolute Gasteiger partial charge is 0.259 e. The first-order valence-corrected chi connectivity index (χ1v) is 11.3. The van der Waals surface area contributed by atoms with Gasteiger partial charge in [-0.2, -0.15) is 4.31 Å². The van der Waals surface area contributed by atoms with E-state index in [1.165, 1.54) is 16.5 Å². The predicted octanol–water partition coefficient (Wildman–Crippen LogP) is 2.65. The molecule has 1 N–H and O–H groups in total. The first kappa shape index (κ1) is 17.6. The van der Waals surface area contributed by atoms with E-state index < -0.39 is 10.0 Å². The molecular weight excluding hydrogens is 370 g/mol. The normalized spacial score (nSPS) is 17.8. The van der Waals surface area contributed by atoms with Gasteiger partial charge in [-0.25, -0.2) is 13.4 Å². The number of para-hydroxylation sites is 1. The highest BCUT2D eigenvalue weighted by molar-refractivity contribution is 7.89. The van der Waals surface area contributed by atoms with Crippen molar-refractivity contribution in [2.45, 2.75) is 24.2 Å². The summed E-state index contributed by atoms with van der Waals surface area (Å²) in [4.78, 5) is 6.13. The Morgan fingerprint density at radius 3 is 2.46 bits per heavy atom. The molecule has 0 saturated carbocycles. The van der Waals surface area contributed by atoms with Gasteiger partial charge in [0.2, 0.25) is 10.0 Å². The fraction of sp³-hybridized carbons (Fsp3) is 0.318. The van der Waals surface area contributed by atoms with E-state index in [0.29, 0.717) is 31.1 Å². The molecule has 144 valence electrons. The molecule has 5 nitrogen and oxygen atoms in total. The molecule has 0 radical (unpaired) electrons. The number of benzene rings is 2. The Morgan fingerprint density at radius 2 is 1.61 bits per heavy atom. The number of rotatable bonds is 3. The van der Waals surface area contributed by atoms with Gasteiger partial charge < -0.3 is 0 Å². The highest BCUT2D eigenvalue weighted by Gasteiger charge is 2.32. The van der Waals surface area contributed by atoms with Gasteiger partial charge >= 0.3 is 0 Å². The zero-order valence-electron chi connectivity index (χ0n) is 15.8. The standard InChI is InChI=1S/C22H23N3O2S/c26-28(27,20-10-8-17-5-3-6-19(17)16-20)25-14-12-24(13-15-25)22-11-9-18-4-1-2-7-21(18)23-22/h1-2,4,7-11,16H,3,5-6,12-15H2/p+1. The third-order valence-electron chi connectivity index (χ3n) is 5.93. The number of anilines is 1. The zero-order chi connectivity index (χ0) is 19.1. The van der Waals surface area contributed by atoms with E-state index in [2.05, 4.69) is 34.1 Å². The fourth-order valence-corrected chi connectivity index (χ4v) is 5.79. The van der Waals surface area contributed by atoms with E-state index in [-0.39, 0.29) is 0 Å². The van der Waals surface area contributed by atoms with Gasteiger partial charge in [-0.3, -0.25) is 4.90 Å². The molecule has 0 unspecified atom stereocenters. The van der Waals surface area contributed by atoms with Gasteiger partial charge in [0.1, 0.15) is 5.52 Å². The van der Waals surface area contributed by atoms with Crippen molar-refractivity contribution in [2.24, 2.45) is 0 Å². The molecule has 0 bridgehead atoms. The summed E-state index contributed by atoms with van der Waals surface area (Å²) in [6.45, 7) is 2.36. The van der Waals surface area contributed by atoms with Crippen LogP contribution in [0.2, 0.25) is 0 Å². The Bertz CT molecular complexity index is 1140. The average molecular weight is 395 g/mol. The van der Waals surface area contributed by atoms with Crippen LogP contribution < -0.4 is 9.88 Å². The maximum Gasteiger partial charge on any atom is 0.274 e. The number of sulfonamides is 1. The first-order valence-electron chi connectivity index (χ1n) is 9.89. The van der Waals surface area contributed by atoms with E-state index in [1.54, 1.807) is 10.4 Å². The number of hydrogen-bond donors (Lipinski definition) is 0. The molecule has 2 aromatic carbocycles. The molecule has 6 heteroatoms. The number of nitrogens with zero attached hydrogens (tertiary/aromatic N) is 2. The van der Waals surface area contributed by atoms with Gasteiger partial charge in [-0.15, -0.1) is 0 Å². The van der Waals surface area contributed by atoms with E-state index >= 15 is 0 Å². The summed E-state index contributed by atoms with van der Waals surface area (Å²) >= 11 is 0. The largest absolute Gasteiger partial charge is 0.274 e. The number of pyridine rings is 1. The predicted molar refractivity (Wildman–Crippen MR) is 110 cm³/mol. The number of piperazine rings is 1. The second kappa shape index (κ2) is 6.87. The average Bonchev–Trinajstić information content (AvgIpc) is 3.21. The number of aromatic nitrogens is 1. The van der Waals surface area contributed by atoms with Crippen LogP contribution in [-0.4, -0.2) is 38.9 Å². The van der Waals surface area contributed by atoms with Crippen molar-refractivity contribution >= 4 is 26.7 Å². The van der Waals surface area contributed by atoms with Crippen molar-refractivity contribution in [3.05, 3.63) is 65.7 Å². The van der Waals surface area contributed by atoms with Crippen LogP contribution in [0.5, 0.6) is 0 Å². The molecule has 1 aromatic heterocycles. The van der Waals surface area contributed by atoms with Crippen molar-refractivity contribution in [1.82, 2.24) is 4.31 Å². The van der Waals surface area contributed by atoms with E-state index in [1.807, 2.05) is 24.3 Å². The van der Waals surface area contributed by atoms with Gasteiger partial charge in [-0.05, 0) is 54.7 Å². The Balaban J connectivity index is 1.33. The summed E-state index contributed by atoms with van der Waals surface area (Å²) in [6, 6.07) is 18.0. The number of nitrogens with one attached hydrogen (secondary N) is 1. The minimum absolute atomic E-state index is 0.443. The highest BCUT2D eigenvalue weighted by Crippen LogP contribution is 2.27. The molecule has 5 rings (SSSR count). The minimum atomic E-state index is -3.43. The first-order chi connectivity index (χ1) is 13.6. The number of fused-ring (bicyclic) bond motifs is 2. The van der Waals surface area contributed by atoms with Crippen molar-refractivity contribution in [3.63, 3.8) is 0 Å². The topological polar surface area (TPSA) is 54.8 Å². The van der Waals surface area contributed by atoms with Gasteiger partial charge in [0.15, 0.2) is 0 Å². The number of hydrogen-bond acceptors (Lipinski definition) is 3. The second-order valence-corrected chi connectivity index (χ2v) is 9.54. The third kappa shape index (κ3) is 3.06. The zero-order valence-corrected chi connectivity index (χ0v) is 16.6. The van der Waals surface area contributed by atoms with Crippen molar-refractivity contribution in [1.29, 1.82) is 0 Å². The Labute approximate surface area is 165 Å². The summed E-state index contributed by atoms with van der Waals surface area (Å²) in [6.07, 6.45) is 3.18. The number of aryl methyl sites for hydroxylation is 2. The van der Waals surface area contributed by atoms with E-state index in [9.17, 15) is 8.42 Å². The maximum absolute atomic E-state index is 13.1. The Kier molecular flexibility index (Phi) is 4.33. The number of H-pyrrole nitrogens is 1. The molecule has 2 aliphatic rings. The molecule has 0 spiro atoms. The summed E-state index contributed by atoms with van der Waals surface area (Å²) in [5.74, 6) is 1.04. The molecule has 0 atom stereocenters. The molecule has 3 aromatic rings. The molecule has 2 heterocycles. The van der Waals surface area contributed by atoms with Crippen LogP contribution >= 0.6 is 0 Å². The van der Waals surface area contributed by atoms with Crippen LogP contribution in [0.3, 0.4) is 0 Å². The van der Waals surface area contributed by atoms with Crippen molar-refractivity contribution < 1.29 is 13.4 Å². The Hall–Kier alpha value is -2.44. The van der Waals surface area contributed by atoms with Crippen LogP contribution in [0, 0.1) is 0 Å². The minimum Gasteiger partial charge on any atom is -0.259 e. The van der Waals surface area contributed by atoms with Crippen LogP contribution in [0.1, 0.15) is 17.5 Å². The molecule has 28 heavy (non-hydrogen) atoms. The lowest BCUT2D eigenvalue weighted by molar-refractivity contribution is -0.330. The summed E-state index contributed by atoms with van der Waals surface area (Å²) in [5.41, 5.74) is 3.59. The fourth-order valence-electron chi connectivity index (χ4n) is 4.32. The summed E-state index contributed by atoms with van der Waals surface area (Å²) < 4.78 is 27.8. The molecular formula is C22H24N3O2S+. The molecule has 0 amide bonds. The molecule has 1 aliphatic carbocycles. The van der Waals surface area contributed by atoms with Crippen LogP contribution in [0.25, 0.3) is 10.9 Å². The lowest BCUT2D eigenvalue weighted by Crippen LogP contribution is -2.49. The van der Waals surface area contributed by atoms with Crippen molar-refractivity contribution in [2.75, 3.05) is 31.1 Å². The van der Waals surface area contributed by atoms with Crippen LogP contribution in [-0.2, 0) is 22.9 Å². The highest BCUT2D eigenvalue weighted by atomic mass is 32.2. The van der Waals surface area contributed by atoms with Gasteiger partial charge in [0.05, 0.1) is 31.1 Å². The third-order valence-corrected chi connectivity index (χ3v) is 7.83. The van der Waals surface area contributed by atoms with E-state index in [4.69, 9.17) is 0 Å². The van der Waals surface area contributed by atoms with Crippen LogP contribution in [0.4, 0.5) is 5.82 Å². The monoisotopic (exact) mass is 394 g/mol. The van der Waals surface area contributed by atoms with Gasteiger partial charge in [-0.1, -0.05) is 24.3 Å². The molecule has 1 fully saturated rings. The molecule has 1 aliphatic heterocycles. The van der Waals surface area contributed by atoms with E-state index in [0.717, 1.165) is 30.6 Å². The quantitative estimate of drug-likeness (QED) is 0.686. The molecule has 1 saturated heterocycles. The lowest BCUT2D eigenvalue weighted by atomic mass is 10.1. The van der Waals surface area contributed by atoms with Gasteiger partial charge in [0.25, 0.3) is 5.82 Å². The van der Waals surface area contributed by atoms with Crippen LogP contribution in [0.15, 0.2) is 59.5 Å². The summed E-state index contributed by atoms with van der Waals surface area (Å²) in [7, 11) is -3.43. The second-order valence-electron chi connectivity index (χ2n) is 7.61. The maximum atomic E-state index is 13.1. The van der Waals surface area contributed by atoms with Crippen molar-refractivity contribution in [3.8, 4) is 0 Å².